The summed E-state index contributed by atoms with van der Waals surface area (Å²) in [5.74, 6) is 0.943. The van der Waals surface area contributed by atoms with E-state index in [0.717, 1.165) is 0 Å². The van der Waals surface area contributed by atoms with Crippen LogP contribution in [0.4, 0.5) is 5.69 Å². The zero-order valence-electron chi connectivity index (χ0n) is 13.8. The molecule has 0 saturated heterocycles. The summed E-state index contributed by atoms with van der Waals surface area (Å²) < 4.78 is 38.0. The molecule has 130 valence electrons. The lowest BCUT2D eigenvalue weighted by atomic mass is 10.3. The molecular formula is C17H20ClNO4S. The standard InChI is InChI=1S/C17H20ClNO4S/c1-4-19(15-8-6-7-9-17(15)23-5-2)24(20,21)13-10-11-16(22-3)14(18)12-13/h6-12H,4-5H2,1-3H3. The highest BCUT2D eigenvalue weighted by Crippen LogP contribution is 2.34. The van der Waals surface area contributed by atoms with E-state index in [1.54, 1.807) is 31.2 Å². The molecular weight excluding hydrogens is 350 g/mol. The van der Waals surface area contributed by atoms with Gasteiger partial charge in [-0.15, -0.1) is 0 Å². The lowest BCUT2D eigenvalue weighted by Crippen LogP contribution is -2.31. The Balaban J connectivity index is 2.51. The normalized spacial score (nSPS) is 11.2. The predicted molar refractivity (Wildman–Crippen MR) is 95.8 cm³/mol. The van der Waals surface area contributed by atoms with E-state index in [2.05, 4.69) is 0 Å². The molecule has 0 spiro atoms. The van der Waals surface area contributed by atoms with E-state index in [4.69, 9.17) is 21.1 Å². The molecule has 0 amide bonds. The maximum atomic E-state index is 13.0. The fourth-order valence-electron chi connectivity index (χ4n) is 2.35. The summed E-state index contributed by atoms with van der Waals surface area (Å²) in [6.45, 7) is 4.33. The summed E-state index contributed by atoms with van der Waals surface area (Å²) in [6.07, 6.45) is 0. The monoisotopic (exact) mass is 369 g/mol. The van der Waals surface area contributed by atoms with Gasteiger partial charge < -0.3 is 9.47 Å². The zero-order valence-corrected chi connectivity index (χ0v) is 15.4. The molecule has 0 unspecified atom stereocenters. The van der Waals surface area contributed by atoms with Crippen molar-refractivity contribution in [2.45, 2.75) is 18.7 Å². The molecule has 2 rings (SSSR count). The van der Waals surface area contributed by atoms with Gasteiger partial charge in [-0.3, -0.25) is 4.31 Å². The van der Waals surface area contributed by atoms with Gasteiger partial charge in [0.15, 0.2) is 0 Å². The number of anilines is 1. The van der Waals surface area contributed by atoms with Crippen molar-refractivity contribution < 1.29 is 17.9 Å². The number of rotatable bonds is 7. The molecule has 0 heterocycles. The minimum atomic E-state index is -3.78. The Morgan fingerprint density at radius 1 is 1.08 bits per heavy atom. The maximum absolute atomic E-state index is 13.0. The summed E-state index contributed by atoms with van der Waals surface area (Å²) in [4.78, 5) is 0.0986. The number of hydrogen-bond donors (Lipinski definition) is 0. The van der Waals surface area contributed by atoms with Gasteiger partial charge in [0, 0.05) is 6.54 Å². The number of benzene rings is 2. The van der Waals surface area contributed by atoms with Crippen LogP contribution < -0.4 is 13.8 Å². The van der Waals surface area contributed by atoms with Crippen LogP contribution in [0.25, 0.3) is 0 Å². The predicted octanol–water partition coefficient (Wildman–Crippen LogP) is 3.96. The maximum Gasteiger partial charge on any atom is 0.264 e. The Labute approximate surface area is 147 Å². The number of halogens is 1. The molecule has 2 aromatic carbocycles. The second-order valence-electron chi connectivity index (χ2n) is 4.87. The van der Waals surface area contributed by atoms with Gasteiger partial charge in [0.1, 0.15) is 11.5 Å². The minimum Gasteiger partial charge on any atom is -0.495 e. The molecule has 0 N–H and O–H groups in total. The molecule has 7 heteroatoms. The first kappa shape index (κ1) is 18.4. The number of nitrogens with zero attached hydrogens (tertiary/aromatic N) is 1. The Morgan fingerprint density at radius 3 is 2.38 bits per heavy atom. The van der Waals surface area contributed by atoms with Crippen LogP contribution >= 0.6 is 11.6 Å². The van der Waals surface area contributed by atoms with Crippen molar-refractivity contribution in [2.75, 3.05) is 24.6 Å². The first-order valence-corrected chi connectivity index (χ1v) is 9.35. The smallest absolute Gasteiger partial charge is 0.264 e. The fourth-order valence-corrected chi connectivity index (χ4v) is 4.18. The Bertz CT molecular complexity index is 808. The van der Waals surface area contributed by atoms with E-state index < -0.39 is 10.0 Å². The van der Waals surface area contributed by atoms with E-state index in [9.17, 15) is 8.42 Å². The molecule has 0 radical (unpaired) electrons. The summed E-state index contributed by atoms with van der Waals surface area (Å²) >= 11 is 6.08. The van der Waals surface area contributed by atoms with E-state index in [-0.39, 0.29) is 16.5 Å². The van der Waals surface area contributed by atoms with Crippen molar-refractivity contribution in [3.8, 4) is 11.5 Å². The first-order valence-electron chi connectivity index (χ1n) is 7.53. The van der Waals surface area contributed by atoms with Gasteiger partial charge in [-0.2, -0.15) is 0 Å². The minimum absolute atomic E-state index is 0.0986. The van der Waals surface area contributed by atoms with Crippen LogP contribution in [-0.4, -0.2) is 28.7 Å². The molecule has 24 heavy (non-hydrogen) atoms. The van der Waals surface area contributed by atoms with Crippen molar-refractivity contribution >= 4 is 27.3 Å². The number of para-hydroxylation sites is 2. The van der Waals surface area contributed by atoms with Crippen LogP contribution in [0.5, 0.6) is 11.5 Å². The average Bonchev–Trinajstić information content (AvgIpc) is 2.57. The summed E-state index contributed by atoms with van der Waals surface area (Å²) in [7, 11) is -2.30. The second kappa shape index (κ2) is 7.77. The third-order valence-corrected chi connectivity index (χ3v) is 5.61. The van der Waals surface area contributed by atoms with E-state index in [0.29, 0.717) is 23.8 Å². The van der Waals surface area contributed by atoms with Crippen LogP contribution in [0.15, 0.2) is 47.4 Å². The molecule has 0 fully saturated rings. The number of methoxy groups -OCH3 is 1. The van der Waals surface area contributed by atoms with Crippen molar-refractivity contribution in [3.05, 3.63) is 47.5 Å². The molecule has 0 aliphatic heterocycles. The number of sulfonamides is 1. The van der Waals surface area contributed by atoms with Crippen LogP contribution in [0.2, 0.25) is 5.02 Å². The Morgan fingerprint density at radius 2 is 1.79 bits per heavy atom. The van der Waals surface area contributed by atoms with Crippen molar-refractivity contribution in [2.24, 2.45) is 0 Å². The molecule has 5 nitrogen and oxygen atoms in total. The highest BCUT2D eigenvalue weighted by atomic mass is 35.5. The van der Waals surface area contributed by atoms with E-state index >= 15 is 0 Å². The molecule has 0 atom stereocenters. The highest BCUT2D eigenvalue weighted by molar-refractivity contribution is 7.92. The molecule has 0 saturated carbocycles. The largest absolute Gasteiger partial charge is 0.495 e. The van der Waals surface area contributed by atoms with Crippen molar-refractivity contribution in [3.63, 3.8) is 0 Å². The number of ether oxygens (including phenoxy) is 2. The first-order chi connectivity index (χ1) is 11.5. The van der Waals surface area contributed by atoms with E-state index in [1.165, 1.54) is 29.6 Å². The van der Waals surface area contributed by atoms with Gasteiger partial charge >= 0.3 is 0 Å². The molecule has 0 aliphatic rings. The van der Waals surface area contributed by atoms with Gasteiger partial charge in [-0.25, -0.2) is 8.42 Å². The van der Waals surface area contributed by atoms with Crippen LogP contribution in [0, 0.1) is 0 Å². The Hall–Kier alpha value is -1.92. The van der Waals surface area contributed by atoms with Crippen LogP contribution in [-0.2, 0) is 10.0 Å². The molecule has 2 aromatic rings. The lowest BCUT2D eigenvalue weighted by molar-refractivity contribution is 0.341. The third kappa shape index (κ3) is 3.60. The third-order valence-electron chi connectivity index (χ3n) is 3.43. The quantitative estimate of drug-likeness (QED) is 0.741. The summed E-state index contributed by atoms with van der Waals surface area (Å²) in [6, 6.07) is 11.5. The lowest BCUT2D eigenvalue weighted by Gasteiger charge is -2.25. The van der Waals surface area contributed by atoms with Crippen LogP contribution in [0.3, 0.4) is 0 Å². The molecule has 0 aromatic heterocycles. The second-order valence-corrected chi connectivity index (χ2v) is 7.14. The van der Waals surface area contributed by atoms with Gasteiger partial charge in [-0.05, 0) is 44.2 Å². The fraction of sp³-hybridized carbons (Fsp3) is 0.294. The van der Waals surface area contributed by atoms with Crippen molar-refractivity contribution in [1.82, 2.24) is 0 Å². The van der Waals surface area contributed by atoms with Crippen molar-refractivity contribution in [1.29, 1.82) is 0 Å². The average molecular weight is 370 g/mol. The number of hydrogen-bond acceptors (Lipinski definition) is 4. The Kier molecular flexibility index (Phi) is 5.96. The highest BCUT2D eigenvalue weighted by Gasteiger charge is 2.26. The topological polar surface area (TPSA) is 55.8 Å². The summed E-state index contributed by atoms with van der Waals surface area (Å²) in [5.41, 5.74) is 0.494. The van der Waals surface area contributed by atoms with Gasteiger partial charge in [0.05, 0.1) is 29.3 Å². The zero-order chi connectivity index (χ0) is 17.7. The molecule has 0 bridgehead atoms. The van der Waals surface area contributed by atoms with Gasteiger partial charge in [0.25, 0.3) is 10.0 Å². The summed E-state index contributed by atoms with van der Waals surface area (Å²) in [5, 5.41) is 0.243. The SMILES string of the molecule is CCOc1ccccc1N(CC)S(=O)(=O)c1ccc(OC)c(Cl)c1. The van der Waals surface area contributed by atoms with Crippen LogP contribution in [0.1, 0.15) is 13.8 Å². The molecule has 0 aliphatic carbocycles. The van der Waals surface area contributed by atoms with Gasteiger partial charge in [0.2, 0.25) is 0 Å². The van der Waals surface area contributed by atoms with E-state index in [1.807, 2.05) is 6.92 Å². The van der Waals surface area contributed by atoms with Gasteiger partial charge in [-0.1, -0.05) is 23.7 Å².